The van der Waals surface area contributed by atoms with Crippen LogP contribution in [0.15, 0.2) is 24.3 Å². The summed E-state index contributed by atoms with van der Waals surface area (Å²) in [5.41, 5.74) is 1.97. The Kier molecular flexibility index (Phi) is 7.68. The average molecular weight is 368 g/mol. The molecule has 1 aromatic carbocycles. The number of amides is 2. The zero-order chi connectivity index (χ0) is 16.8. The Bertz CT molecular complexity index is 573. The van der Waals surface area contributed by atoms with Crippen molar-refractivity contribution in [1.82, 2.24) is 10.6 Å². The number of benzene rings is 1. The topological polar surface area (TPSA) is 70.7 Å². The largest absolute Gasteiger partial charge is 0.378 e. The van der Waals surface area contributed by atoms with Gasteiger partial charge < -0.3 is 20.3 Å². The Labute approximate surface area is 154 Å². The lowest BCUT2D eigenvalue weighted by Crippen LogP contribution is -2.44. The molecule has 0 bridgehead atoms. The molecule has 2 aliphatic heterocycles. The standard InChI is InChI=1S/C18H25N3O3.ClH/c22-17(11-15-13-24-10-8-19-15)20-12-14-4-6-16(7-5-14)21-9-2-1-3-18(21)23;/h4-7,15,19H,1-3,8-13H2,(H,20,22);1H. The van der Waals surface area contributed by atoms with Gasteiger partial charge in [-0.25, -0.2) is 0 Å². The molecule has 1 atom stereocenters. The van der Waals surface area contributed by atoms with E-state index < -0.39 is 0 Å². The number of anilines is 1. The second-order valence-corrected chi connectivity index (χ2v) is 6.38. The van der Waals surface area contributed by atoms with E-state index in [4.69, 9.17) is 4.74 Å². The van der Waals surface area contributed by atoms with Crippen LogP contribution >= 0.6 is 12.4 Å². The minimum Gasteiger partial charge on any atom is -0.378 e. The van der Waals surface area contributed by atoms with Crippen LogP contribution in [0.5, 0.6) is 0 Å². The molecule has 25 heavy (non-hydrogen) atoms. The number of halogens is 1. The zero-order valence-corrected chi connectivity index (χ0v) is 15.1. The minimum atomic E-state index is 0. The predicted molar refractivity (Wildman–Crippen MR) is 99.0 cm³/mol. The van der Waals surface area contributed by atoms with Crippen LogP contribution in [0.3, 0.4) is 0 Å². The van der Waals surface area contributed by atoms with E-state index in [2.05, 4.69) is 10.6 Å². The summed E-state index contributed by atoms with van der Waals surface area (Å²) in [6.07, 6.45) is 3.11. The van der Waals surface area contributed by atoms with Gasteiger partial charge in [0.2, 0.25) is 11.8 Å². The fourth-order valence-electron chi connectivity index (χ4n) is 3.12. The molecule has 2 heterocycles. The molecule has 2 aliphatic rings. The molecule has 6 nitrogen and oxygen atoms in total. The Hall–Kier alpha value is -1.63. The molecule has 0 radical (unpaired) electrons. The smallest absolute Gasteiger partial charge is 0.226 e. The maximum Gasteiger partial charge on any atom is 0.226 e. The first-order valence-electron chi connectivity index (χ1n) is 8.69. The predicted octanol–water partition coefficient (Wildman–Crippen LogP) is 1.62. The maximum atomic E-state index is 12.0. The van der Waals surface area contributed by atoms with Gasteiger partial charge in [-0.1, -0.05) is 12.1 Å². The fourth-order valence-corrected chi connectivity index (χ4v) is 3.12. The van der Waals surface area contributed by atoms with Crippen molar-refractivity contribution < 1.29 is 14.3 Å². The Morgan fingerprint density at radius 2 is 2.08 bits per heavy atom. The molecule has 2 amide bonds. The number of ether oxygens (including phenoxy) is 1. The summed E-state index contributed by atoms with van der Waals surface area (Å²) in [4.78, 5) is 25.8. The first-order chi connectivity index (χ1) is 11.7. The van der Waals surface area contributed by atoms with Crippen molar-refractivity contribution in [2.45, 2.75) is 38.3 Å². The maximum absolute atomic E-state index is 12.0. The zero-order valence-electron chi connectivity index (χ0n) is 14.3. The molecule has 1 aromatic rings. The highest BCUT2D eigenvalue weighted by Gasteiger charge is 2.19. The molecule has 0 spiro atoms. The fraction of sp³-hybridized carbons (Fsp3) is 0.556. The molecular weight excluding hydrogens is 342 g/mol. The van der Waals surface area contributed by atoms with Crippen molar-refractivity contribution in [2.24, 2.45) is 0 Å². The van der Waals surface area contributed by atoms with Gasteiger partial charge in [0.15, 0.2) is 0 Å². The highest BCUT2D eigenvalue weighted by molar-refractivity contribution is 5.93. The monoisotopic (exact) mass is 367 g/mol. The van der Waals surface area contributed by atoms with Gasteiger partial charge in [-0.2, -0.15) is 0 Å². The third-order valence-electron chi connectivity index (χ3n) is 4.49. The van der Waals surface area contributed by atoms with E-state index in [-0.39, 0.29) is 30.3 Å². The number of rotatable bonds is 5. The second-order valence-electron chi connectivity index (χ2n) is 6.38. The van der Waals surface area contributed by atoms with Crippen LogP contribution in [-0.2, 0) is 20.9 Å². The highest BCUT2D eigenvalue weighted by Crippen LogP contribution is 2.21. The minimum absolute atomic E-state index is 0. The molecule has 3 rings (SSSR count). The van der Waals surface area contributed by atoms with Gasteiger partial charge in [0.05, 0.1) is 13.2 Å². The lowest BCUT2D eigenvalue weighted by atomic mass is 10.1. The van der Waals surface area contributed by atoms with Gasteiger partial charge in [-0.3, -0.25) is 9.59 Å². The third-order valence-corrected chi connectivity index (χ3v) is 4.49. The summed E-state index contributed by atoms with van der Waals surface area (Å²) in [5, 5.41) is 6.21. The molecule has 0 aliphatic carbocycles. The molecule has 0 aromatic heterocycles. The number of morpholine rings is 1. The van der Waals surface area contributed by atoms with Crippen molar-refractivity contribution in [1.29, 1.82) is 0 Å². The average Bonchev–Trinajstić information content (AvgIpc) is 2.62. The van der Waals surface area contributed by atoms with Crippen LogP contribution in [0.25, 0.3) is 0 Å². The van der Waals surface area contributed by atoms with Crippen LogP contribution < -0.4 is 15.5 Å². The van der Waals surface area contributed by atoms with E-state index in [9.17, 15) is 9.59 Å². The molecule has 2 fully saturated rings. The van der Waals surface area contributed by atoms with Crippen LogP contribution in [-0.4, -0.2) is 44.2 Å². The van der Waals surface area contributed by atoms with Gasteiger partial charge in [-0.05, 0) is 30.5 Å². The molecule has 0 saturated carbocycles. The van der Waals surface area contributed by atoms with Crippen molar-refractivity contribution in [3.63, 3.8) is 0 Å². The van der Waals surface area contributed by atoms with Crippen LogP contribution in [0.1, 0.15) is 31.2 Å². The van der Waals surface area contributed by atoms with Crippen LogP contribution in [0.4, 0.5) is 5.69 Å². The highest BCUT2D eigenvalue weighted by atomic mass is 35.5. The van der Waals surface area contributed by atoms with E-state index in [1.165, 1.54) is 0 Å². The SMILES string of the molecule is Cl.O=C(CC1COCCN1)NCc1ccc(N2CCCCC2=O)cc1. The van der Waals surface area contributed by atoms with Gasteiger partial charge in [0.1, 0.15) is 0 Å². The number of piperidine rings is 1. The Balaban J connectivity index is 0.00000225. The molecule has 1 unspecified atom stereocenters. The first-order valence-corrected chi connectivity index (χ1v) is 8.69. The second kappa shape index (κ2) is 9.75. The summed E-state index contributed by atoms with van der Waals surface area (Å²) >= 11 is 0. The Morgan fingerprint density at radius 3 is 2.76 bits per heavy atom. The van der Waals surface area contributed by atoms with E-state index >= 15 is 0 Å². The van der Waals surface area contributed by atoms with Gasteiger partial charge in [0.25, 0.3) is 0 Å². The summed E-state index contributed by atoms with van der Waals surface area (Å²) < 4.78 is 5.35. The summed E-state index contributed by atoms with van der Waals surface area (Å²) in [6, 6.07) is 7.97. The van der Waals surface area contributed by atoms with Crippen molar-refractivity contribution >= 4 is 29.9 Å². The van der Waals surface area contributed by atoms with Crippen LogP contribution in [0.2, 0.25) is 0 Å². The molecule has 7 heteroatoms. The number of nitrogens with zero attached hydrogens (tertiary/aromatic N) is 1. The van der Waals surface area contributed by atoms with E-state index in [1.807, 2.05) is 29.2 Å². The van der Waals surface area contributed by atoms with E-state index in [0.29, 0.717) is 32.6 Å². The number of nitrogens with one attached hydrogen (secondary N) is 2. The van der Waals surface area contributed by atoms with Crippen molar-refractivity contribution in [3.05, 3.63) is 29.8 Å². The molecule has 2 saturated heterocycles. The summed E-state index contributed by atoms with van der Waals surface area (Å²) in [7, 11) is 0. The number of carbonyl (C=O) groups excluding carboxylic acids is 2. The number of carbonyl (C=O) groups is 2. The summed E-state index contributed by atoms with van der Waals surface area (Å²) in [6.45, 7) is 3.40. The lowest BCUT2D eigenvalue weighted by Gasteiger charge is -2.27. The van der Waals surface area contributed by atoms with Crippen molar-refractivity contribution in [2.75, 3.05) is 31.2 Å². The first kappa shape index (κ1) is 19.7. The van der Waals surface area contributed by atoms with Gasteiger partial charge in [0, 0.05) is 44.2 Å². The third kappa shape index (κ3) is 5.70. The van der Waals surface area contributed by atoms with Gasteiger partial charge >= 0.3 is 0 Å². The normalized spacial score (nSPS) is 20.7. The molecule has 138 valence electrons. The summed E-state index contributed by atoms with van der Waals surface area (Å²) in [5.74, 6) is 0.220. The molecular formula is C18H26ClN3O3. The molecule has 2 N–H and O–H groups in total. The van der Waals surface area contributed by atoms with E-state index in [0.717, 1.165) is 37.2 Å². The van der Waals surface area contributed by atoms with Gasteiger partial charge in [-0.15, -0.1) is 12.4 Å². The van der Waals surface area contributed by atoms with Crippen LogP contribution in [0, 0.1) is 0 Å². The lowest BCUT2D eigenvalue weighted by molar-refractivity contribution is -0.122. The number of hydrogen-bond acceptors (Lipinski definition) is 4. The Morgan fingerprint density at radius 1 is 1.28 bits per heavy atom. The quantitative estimate of drug-likeness (QED) is 0.829. The van der Waals surface area contributed by atoms with E-state index in [1.54, 1.807) is 0 Å². The van der Waals surface area contributed by atoms with Crippen molar-refractivity contribution in [3.8, 4) is 0 Å². The number of hydrogen-bond donors (Lipinski definition) is 2.